The molecule has 278 valence electrons. The summed E-state index contributed by atoms with van der Waals surface area (Å²) in [5, 5.41) is 23.1. The molecule has 0 saturated carbocycles. The Morgan fingerprint density at radius 3 is 1.32 bits per heavy atom. The lowest BCUT2D eigenvalue weighted by atomic mass is 10.0. The molecule has 4 nitrogen and oxygen atoms in total. The number of aliphatic hydroxyl groups is 2. The van der Waals surface area contributed by atoms with Crippen LogP contribution in [0.1, 0.15) is 226 Å². The molecule has 0 radical (unpaired) electrons. The number of amides is 1. The van der Waals surface area contributed by atoms with Gasteiger partial charge in [-0.2, -0.15) is 0 Å². The quantitative estimate of drug-likeness (QED) is 0.0455. The van der Waals surface area contributed by atoms with E-state index in [0.29, 0.717) is 12.8 Å². The Labute approximate surface area is 294 Å². The van der Waals surface area contributed by atoms with Crippen molar-refractivity contribution >= 4 is 5.91 Å². The summed E-state index contributed by atoms with van der Waals surface area (Å²) in [5.74, 6) is -0.0351. The van der Waals surface area contributed by atoms with E-state index in [1.54, 1.807) is 0 Å². The number of hydrogen-bond donors (Lipinski definition) is 3. The number of hydrogen-bond acceptors (Lipinski definition) is 3. The second kappa shape index (κ2) is 39.3. The molecule has 4 heteroatoms. The Kier molecular flexibility index (Phi) is 38.4. The first kappa shape index (κ1) is 45.9. The maximum absolute atomic E-state index is 12.4. The Balaban J connectivity index is 3.53. The van der Waals surface area contributed by atoms with Gasteiger partial charge < -0.3 is 15.5 Å². The molecule has 0 aromatic carbocycles. The minimum absolute atomic E-state index is 0.0351. The summed E-state index contributed by atoms with van der Waals surface area (Å²) in [4.78, 5) is 12.4. The van der Waals surface area contributed by atoms with Crippen LogP contribution in [-0.4, -0.2) is 34.9 Å². The third-order valence-corrected chi connectivity index (χ3v) is 9.72. The van der Waals surface area contributed by atoms with E-state index in [1.807, 2.05) is 0 Å². The third kappa shape index (κ3) is 36.0. The number of carbonyl (C=O) groups excluding carboxylic acids is 1. The Bertz CT molecular complexity index is 676. The van der Waals surface area contributed by atoms with E-state index in [1.165, 1.54) is 167 Å². The van der Waals surface area contributed by atoms with E-state index in [-0.39, 0.29) is 12.5 Å². The van der Waals surface area contributed by atoms with Crippen LogP contribution in [0.25, 0.3) is 0 Å². The third-order valence-electron chi connectivity index (χ3n) is 9.72. The number of rotatable bonds is 38. The van der Waals surface area contributed by atoms with Crippen LogP contribution < -0.4 is 5.32 Å². The zero-order chi connectivity index (χ0) is 34.3. The van der Waals surface area contributed by atoms with Crippen LogP contribution in [0.5, 0.6) is 0 Å². The standard InChI is InChI=1S/C43H83NO3/c1-3-5-7-9-11-13-15-17-19-21-22-23-25-27-29-31-33-35-37-39-43(47)44-41(40-45)42(46)38-36-34-32-30-28-26-24-20-18-16-14-12-10-8-6-4-2/h11,13,17,19,41-42,45-46H,3-10,12,14-16,18,20-40H2,1-2H3,(H,44,47)/b13-11-,19-17-. The monoisotopic (exact) mass is 662 g/mol. The first-order valence-electron chi connectivity index (χ1n) is 21.0. The van der Waals surface area contributed by atoms with Crippen LogP contribution in [0, 0.1) is 0 Å². The molecule has 2 atom stereocenters. The van der Waals surface area contributed by atoms with Gasteiger partial charge in [-0.15, -0.1) is 0 Å². The van der Waals surface area contributed by atoms with Gasteiger partial charge in [0.1, 0.15) is 0 Å². The average Bonchev–Trinajstić information content (AvgIpc) is 3.07. The topological polar surface area (TPSA) is 69.6 Å². The van der Waals surface area contributed by atoms with Gasteiger partial charge >= 0.3 is 0 Å². The number of aliphatic hydroxyl groups excluding tert-OH is 2. The fourth-order valence-corrected chi connectivity index (χ4v) is 6.45. The molecular weight excluding hydrogens is 578 g/mol. The van der Waals surface area contributed by atoms with Crippen molar-refractivity contribution in [2.45, 2.75) is 238 Å². The molecule has 0 aliphatic heterocycles. The second-order valence-corrected chi connectivity index (χ2v) is 14.4. The van der Waals surface area contributed by atoms with Crippen molar-refractivity contribution in [3.63, 3.8) is 0 Å². The Hall–Kier alpha value is -1.13. The maximum atomic E-state index is 12.4. The highest BCUT2D eigenvalue weighted by Gasteiger charge is 2.19. The van der Waals surface area contributed by atoms with Gasteiger partial charge in [0.05, 0.1) is 18.8 Å². The minimum atomic E-state index is -0.658. The summed E-state index contributed by atoms with van der Waals surface area (Å²) in [7, 11) is 0. The van der Waals surface area contributed by atoms with Crippen molar-refractivity contribution in [2.24, 2.45) is 0 Å². The van der Waals surface area contributed by atoms with E-state index in [4.69, 9.17) is 0 Å². The zero-order valence-corrected chi connectivity index (χ0v) is 31.8. The van der Waals surface area contributed by atoms with E-state index < -0.39 is 12.1 Å². The van der Waals surface area contributed by atoms with E-state index in [2.05, 4.69) is 43.5 Å². The highest BCUT2D eigenvalue weighted by atomic mass is 16.3. The normalized spacial score (nSPS) is 13.2. The van der Waals surface area contributed by atoms with Crippen molar-refractivity contribution in [1.82, 2.24) is 5.32 Å². The maximum Gasteiger partial charge on any atom is 0.220 e. The average molecular weight is 662 g/mol. The lowest BCUT2D eigenvalue weighted by Crippen LogP contribution is -2.45. The fraction of sp³-hybridized carbons (Fsp3) is 0.884. The predicted molar refractivity (Wildman–Crippen MR) is 207 cm³/mol. The summed E-state index contributed by atoms with van der Waals surface area (Å²) in [6.45, 7) is 4.34. The molecular formula is C43H83NO3. The first-order chi connectivity index (χ1) is 23.2. The Morgan fingerprint density at radius 2 is 0.872 bits per heavy atom. The SMILES string of the molecule is CCCCC/C=C\C/C=C\CCCCCCCCCCCC(=O)NC(CO)C(O)CCCCCCCCCCCCCCCCCC. The van der Waals surface area contributed by atoms with Gasteiger partial charge in [-0.05, 0) is 44.9 Å². The van der Waals surface area contributed by atoms with Crippen molar-refractivity contribution in [2.75, 3.05) is 6.61 Å². The second-order valence-electron chi connectivity index (χ2n) is 14.4. The lowest BCUT2D eigenvalue weighted by Gasteiger charge is -2.22. The molecule has 0 aromatic heterocycles. The van der Waals surface area contributed by atoms with Gasteiger partial charge in [0.15, 0.2) is 0 Å². The summed E-state index contributed by atoms with van der Waals surface area (Å²) >= 11 is 0. The van der Waals surface area contributed by atoms with E-state index in [9.17, 15) is 15.0 Å². The molecule has 3 N–H and O–H groups in total. The zero-order valence-electron chi connectivity index (χ0n) is 31.8. The highest BCUT2D eigenvalue weighted by molar-refractivity contribution is 5.76. The smallest absolute Gasteiger partial charge is 0.220 e. The molecule has 0 fully saturated rings. The van der Waals surface area contributed by atoms with Crippen LogP contribution in [0.3, 0.4) is 0 Å². The molecule has 0 spiro atoms. The summed E-state index contributed by atoms with van der Waals surface area (Å²) in [6.07, 6.45) is 49.5. The number of carbonyl (C=O) groups is 1. The predicted octanol–water partition coefficient (Wildman–Crippen LogP) is 12.8. The molecule has 0 aliphatic rings. The molecule has 2 unspecified atom stereocenters. The van der Waals surface area contributed by atoms with Crippen molar-refractivity contribution in [3.05, 3.63) is 24.3 Å². The van der Waals surface area contributed by atoms with Crippen molar-refractivity contribution in [1.29, 1.82) is 0 Å². The molecule has 0 aromatic rings. The molecule has 0 aliphatic carbocycles. The minimum Gasteiger partial charge on any atom is -0.394 e. The van der Waals surface area contributed by atoms with Crippen LogP contribution in [-0.2, 0) is 4.79 Å². The summed E-state index contributed by atoms with van der Waals surface area (Å²) < 4.78 is 0. The Morgan fingerprint density at radius 1 is 0.511 bits per heavy atom. The molecule has 0 bridgehead atoms. The van der Waals surface area contributed by atoms with Crippen LogP contribution in [0.4, 0.5) is 0 Å². The van der Waals surface area contributed by atoms with Gasteiger partial charge in [0.25, 0.3) is 0 Å². The molecule has 47 heavy (non-hydrogen) atoms. The molecule has 1 amide bonds. The van der Waals surface area contributed by atoms with Gasteiger partial charge in [-0.25, -0.2) is 0 Å². The fourth-order valence-electron chi connectivity index (χ4n) is 6.45. The van der Waals surface area contributed by atoms with Crippen molar-refractivity contribution in [3.8, 4) is 0 Å². The van der Waals surface area contributed by atoms with E-state index in [0.717, 1.165) is 32.1 Å². The van der Waals surface area contributed by atoms with Crippen LogP contribution in [0.15, 0.2) is 24.3 Å². The van der Waals surface area contributed by atoms with Gasteiger partial charge in [0.2, 0.25) is 5.91 Å². The molecule has 0 saturated heterocycles. The molecule has 0 heterocycles. The van der Waals surface area contributed by atoms with Gasteiger partial charge in [0, 0.05) is 6.42 Å². The van der Waals surface area contributed by atoms with Gasteiger partial charge in [-0.3, -0.25) is 4.79 Å². The number of allylic oxidation sites excluding steroid dienone is 4. The lowest BCUT2D eigenvalue weighted by molar-refractivity contribution is -0.123. The summed E-state index contributed by atoms with van der Waals surface area (Å²) in [5.41, 5.74) is 0. The largest absolute Gasteiger partial charge is 0.394 e. The van der Waals surface area contributed by atoms with Gasteiger partial charge in [-0.1, -0.05) is 199 Å². The molecule has 0 rings (SSSR count). The van der Waals surface area contributed by atoms with Crippen LogP contribution in [0.2, 0.25) is 0 Å². The van der Waals surface area contributed by atoms with Crippen molar-refractivity contribution < 1.29 is 15.0 Å². The highest BCUT2D eigenvalue weighted by Crippen LogP contribution is 2.16. The van der Waals surface area contributed by atoms with E-state index >= 15 is 0 Å². The van der Waals surface area contributed by atoms with Crippen LogP contribution >= 0.6 is 0 Å². The number of nitrogens with one attached hydrogen (secondary N) is 1. The summed E-state index contributed by atoms with van der Waals surface area (Å²) in [6, 6.07) is -0.536. The first-order valence-corrected chi connectivity index (χ1v) is 21.0. The number of unbranched alkanes of at least 4 members (excludes halogenated alkanes) is 27.